The van der Waals surface area contributed by atoms with E-state index in [-0.39, 0.29) is 1.43 Å². The summed E-state index contributed by atoms with van der Waals surface area (Å²) in [4.78, 5) is 4.86. The van der Waals surface area contributed by atoms with Crippen LogP contribution in [0.1, 0.15) is 22.2 Å². The van der Waals surface area contributed by atoms with Crippen molar-refractivity contribution in [2.24, 2.45) is 0 Å². The van der Waals surface area contributed by atoms with Gasteiger partial charge in [-0.1, -0.05) is 55.3 Å². The highest BCUT2D eigenvalue weighted by atomic mass is 32.2. The summed E-state index contributed by atoms with van der Waals surface area (Å²) in [7, 11) is 0. The molecule has 1 fully saturated rings. The highest BCUT2D eigenvalue weighted by Gasteiger charge is 2.17. The van der Waals surface area contributed by atoms with Gasteiger partial charge < -0.3 is 10.2 Å². The molecule has 1 aliphatic rings. The first-order chi connectivity index (χ1) is 10.7. The van der Waals surface area contributed by atoms with E-state index >= 15 is 0 Å². The largest absolute Gasteiger partial charge is 0.368 e. The van der Waals surface area contributed by atoms with Crippen LogP contribution in [-0.4, -0.2) is 31.1 Å². The number of piperazine rings is 1. The van der Waals surface area contributed by atoms with Crippen LogP contribution in [0.25, 0.3) is 0 Å². The van der Waals surface area contributed by atoms with E-state index in [1.807, 2.05) is 19.1 Å². The molecule has 0 aromatic heterocycles. The van der Waals surface area contributed by atoms with Crippen LogP contribution in [0.2, 0.25) is 0 Å². The van der Waals surface area contributed by atoms with Crippen LogP contribution in [0, 0.1) is 0 Å². The monoisotopic (exact) mass is 318 g/mol. The molecule has 1 aliphatic heterocycles. The first-order valence-corrected chi connectivity index (χ1v) is 8.58. The topological polar surface area (TPSA) is 15.3 Å². The second kappa shape index (κ2) is 10.3. The molecule has 1 heterocycles. The molecular weight excluding hydrogens is 288 g/mol. The Balaban J connectivity index is 0.00000484. The zero-order valence-electron chi connectivity index (χ0n) is 14.1. The van der Waals surface area contributed by atoms with Gasteiger partial charge in [0.1, 0.15) is 0 Å². The number of hydrogen-bond acceptors (Lipinski definition) is 3. The van der Waals surface area contributed by atoms with Crippen LogP contribution >= 0.6 is 11.8 Å². The summed E-state index contributed by atoms with van der Waals surface area (Å²) < 4.78 is 0. The van der Waals surface area contributed by atoms with Gasteiger partial charge in [0.15, 0.2) is 0 Å². The van der Waals surface area contributed by atoms with E-state index in [2.05, 4.69) is 61.5 Å². The van der Waals surface area contributed by atoms with Crippen LogP contribution in [0.15, 0.2) is 70.7 Å². The molecule has 0 aliphatic carbocycles. The average Bonchev–Trinajstić information content (AvgIpc) is 2.55. The molecule has 22 heavy (non-hydrogen) atoms. The summed E-state index contributed by atoms with van der Waals surface area (Å²) in [5.74, 6) is 0. The Morgan fingerprint density at radius 3 is 2.41 bits per heavy atom. The highest BCUT2D eigenvalue weighted by Crippen LogP contribution is 2.35. The van der Waals surface area contributed by atoms with E-state index in [1.165, 1.54) is 21.1 Å². The van der Waals surface area contributed by atoms with Crippen molar-refractivity contribution in [1.82, 2.24) is 10.2 Å². The first kappa shape index (κ1) is 18.6. The van der Waals surface area contributed by atoms with Gasteiger partial charge in [-0.2, -0.15) is 0 Å². The number of rotatable bonds is 7. The van der Waals surface area contributed by atoms with Gasteiger partial charge in [-0.15, -0.1) is 0 Å². The Morgan fingerprint density at radius 2 is 1.91 bits per heavy atom. The van der Waals surface area contributed by atoms with Crippen LogP contribution in [0.4, 0.5) is 0 Å². The molecule has 0 bridgehead atoms. The molecule has 0 unspecified atom stereocenters. The van der Waals surface area contributed by atoms with E-state index in [0.717, 1.165) is 26.2 Å². The van der Waals surface area contributed by atoms with Gasteiger partial charge in [0.25, 0.3) is 0 Å². The third-order valence-corrected chi connectivity index (χ3v) is 4.83. The molecule has 0 aromatic rings. The molecule has 1 saturated heterocycles. The molecule has 3 heteroatoms. The van der Waals surface area contributed by atoms with Crippen molar-refractivity contribution < 1.29 is 1.43 Å². The van der Waals surface area contributed by atoms with E-state index < -0.39 is 0 Å². The van der Waals surface area contributed by atoms with Crippen molar-refractivity contribution in [3.63, 3.8) is 0 Å². The maximum atomic E-state index is 3.97. The average molecular weight is 319 g/mol. The smallest absolute Gasteiger partial charge is 0.0505 e. The Kier molecular flexibility index (Phi) is 8.71. The Morgan fingerprint density at radius 1 is 1.23 bits per heavy atom. The minimum Gasteiger partial charge on any atom is -0.368 e. The Bertz CT molecular complexity index is 509. The minimum atomic E-state index is 0. The maximum Gasteiger partial charge on any atom is 0.0505 e. The molecule has 0 saturated carbocycles. The molecule has 0 atom stereocenters. The summed E-state index contributed by atoms with van der Waals surface area (Å²) >= 11 is 1.77. The van der Waals surface area contributed by atoms with E-state index in [1.54, 1.807) is 11.8 Å². The van der Waals surface area contributed by atoms with Gasteiger partial charge >= 0.3 is 0 Å². The summed E-state index contributed by atoms with van der Waals surface area (Å²) in [5.41, 5.74) is 2.48. The van der Waals surface area contributed by atoms with Crippen molar-refractivity contribution >= 4 is 11.8 Å². The second-order valence-electron chi connectivity index (χ2n) is 5.03. The predicted molar refractivity (Wildman–Crippen MR) is 104 cm³/mol. The Hall–Kier alpha value is -1.45. The molecule has 1 N–H and O–H groups in total. The van der Waals surface area contributed by atoms with Gasteiger partial charge in [-0.05, 0) is 32.4 Å². The van der Waals surface area contributed by atoms with E-state index in [4.69, 9.17) is 0 Å². The van der Waals surface area contributed by atoms with E-state index in [9.17, 15) is 0 Å². The lowest BCUT2D eigenvalue weighted by Crippen LogP contribution is -2.43. The van der Waals surface area contributed by atoms with Gasteiger partial charge in [0.05, 0.1) is 5.70 Å². The molecule has 2 nitrogen and oxygen atoms in total. The first-order valence-electron chi connectivity index (χ1n) is 7.76. The highest BCUT2D eigenvalue weighted by molar-refractivity contribution is 8.07. The molecule has 0 amide bonds. The molecule has 0 spiro atoms. The molecule has 0 aromatic carbocycles. The van der Waals surface area contributed by atoms with Crippen LogP contribution < -0.4 is 5.32 Å². The summed E-state index contributed by atoms with van der Waals surface area (Å²) in [6.45, 7) is 18.2. The van der Waals surface area contributed by atoms with Crippen LogP contribution in [0.3, 0.4) is 0 Å². The third kappa shape index (κ3) is 5.39. The number of allylic oxidation sites excluding steroid dienone is 7. The molecule has 122 valence electrons. The van der Waals surface area contributed by atoms with Gasteiger partial charge in [0.2, 0.25) is 0 Å². The lowest BCUT2D eigenvalue weighted by Gasteiger charge is -2.32. The lowest BCUT2D eigenvalue weighted by molar-refractivity contribution is 0.306. The molecular formula is C19H30N2S. The number of hydrogen-bond donors (Lipinski definition) is 1. The number of nitrogens with one attached hydrogen (secondary N) is 1. The second-order valence-corrected chi connectivity index (χ2v) is 6.11. The SMILES string of the molecule is C=C/C=C(\C(=C/C)S/C(C=C)=C(C)/C=C\C)N1CCNCC1.[HH]. The standard InChI is InChI=1S/C19H28N2S.H2/c1-6-10-16(5)18(8-3)22-19(9-4)17(11-7-2)21-14-12-20-13-15-21;/h6-11,20H,2-3,12-15H2,1,4-5H3;1H/b10-6-,17-11+,18-16+,19-9+;. The normalized spacial score (nSPS) is 18.4. The number of thioether (sulfide) groups is 1. The fourth-order valence-corrected chi connectivity index (χ4v) is 3.32. The fourth-order valence-electron chi connectivity index (χ4n) is 2.35. The quantitative estimate of drug-likeness (QED) is 0.673. The van der Waals surface area contributed by atoms with Crippen molar-refractivity contribution in [3.8, 4) is 0 Å². The van der Waals surface area contributed by atoms with Gasteiger partial charge in [-0.3, -0.25) is 0 Å². The molecule has 1 rings (SSSR count). The summed E-state index contributed by atoms with van der Waals surface area (Å²) in [6.07, 6.45) is 12.3. The van der Waals surface area contributed by atoms with Crippen molar-refractivity contribution in [3.05, 3.63) is 70.7 Å². The summed E-state index contributed by atoms with van der Waals surface area (Å²) in [6, 6.07) is 0. The molecule has 0 radical (unpaired) electrons. The zero-order valence-corrected chi connectivity index (χ0v) is 14.9. The minimum absolute atomic E-state index is 0. The number of nitrogens with zero attached hydrogens (tertiary/aromatic N) is 1. The maximum absolute atomic E-state index is 3.97. The van der Waals surface area contributed by atoms with Crippen LogP contribution in [0.5, 0.6) is 0 Å². The van der Waals surface area contributed by atoms with Crippen molar-refractivity contribution in [2.45, 2.75) is 20.8 Å². The predicted octanol–water partition coefficient (Wildman–Crippen LogP) is 4.88. The fraction of sp³-hybridized carbons (Fsp3) is 0.368. The van der Waals surface area contributed by atoms with Crippen LogP contribution in [-0.2, 0) is 0 Å². The third-order valence-electron chi connectivity index (χ3n) is 3.46. The lowest BCUT2D eigenvalue weighted by atomic mass is 10.2. The van der Waals surface area contributed by atoms with Crippen molar-refractivity contribution in [2.75, 3.05) is 26.2 Å². The van der Waals surface area contributed by atoms with E-state index in [0.29, 0.717) is 0 Å². The van der Waals surface area contributed by atoms with Gasteiger partial charge in [-0.25, -0.2) is 0 Å². The van der Waals surface area contributed by atoms with Gasteiger partial charge in [0, 0.05) is 37.4 Å². The Labute approximate surface area is 141 Å². The van der Waals surface area contributed by atoms with Crippen molar-refractivity contribution in [1.29, 1.82) is 0 Å². The summed E-state index contributed by atoms with van der Waals surface area (Å²) in [5, 5.41) is 3.40. The zero-order chi connectivity index (χ0) is 16.4.